The molecule has 2 aromatic carbocycles. The van der Waals surface area contributed by atoms with Crippen molar-refractivity contribution in [1.29, 1.82) is 0 Å². The number of nitrogens with one attached hydrogen (secondary N) is 1. The molecule has 1 unspecified atom stereocenters. The molecule has 3 N–H and O–H groups in total. The molecule has 0 bridgehead atoms. The van der Waals surface area contributed by atoms with Gasteiger partial charge in [-0.3, -0.25) is 15.2 Å². The maximum atomic E-state index is 14.9. The third-order valence-electron chi connectivity index (χ3n) is 6.01. The predicted octanol–water partition coefficient (Wildman–Crippen LogP) is 4.05. The number of halogens is 1. The molecule has 1 fully saturated rings. The van der Waals surface area contributed by atoms with Crippen LogP contribution in [-0.4, -0.2) is 49.5 Å². The first-order chi connectivity index (χ1) is 15.8. The second-order valence-corrected chi connectivity index (χ2v) is 8.19. The van der Waals surface area contributed by atoms with Gasteiger partial charge in [-0.15, -0.1) is 5.23 Å². The Bertz CT molecular complexity index is 1160. The highest BCUT2D eigenvalue weighted by atomic mass is 19.1. The summed E-state index contributed by atoms with van der Waals surface area (Å²) in [5.41, 5.74) is 2.27. The zero-order valence-corrected chi connectivity index (χ0v) is 18.7. The van der Waals surface area contributed by atoms with Crippen LogP contribution in [0.15, 0.2) is 52.9 Å². The molecule has 9 heteroatoms. The van der Waals surface area contributed by atoms with E-state index in [0.717, 1.165) is 25.1 Å². The maximum Gasteiger partial charge on any atom is 0.293 e. The van der Waals surface area contributed by atoms with Gasteiger partial charge in [0.25, 0.3) is 5.91 Å². The van der Waals surface area contributed by atoms with Crippen molar-refractivity contribution in [3.05, 3.63) is 65.7 Å². The van der Waals surface area contributed by atoms with E-state index in [2.05, 4.69) is 5.32 Å². The largest absolute Gasteiger partial charge is 0.451 e. The molecule has 174 valence electrons. The molecule has 0 saturated carbocycles. The molecule has 1 atom stereocenters. The van der Waals surface area contributed by atoms with Crippen molar-refractivity contribution in [2.75, 3.05) is 42.2 Å². The number of aryl methyl sites for hydroxylation is 1. The van der Waals surface area contributed by atoms with Crippen LogP contribution in [0.2, 0.25) is 0 Å². The van der Waals surface area contributed by atoms with Crippen molar-refractivity contribution < 1.29 is 24.0 Å². The van der Waals surface area contributed by atoms with Crippen LogP contribution in [0.1, 0.15) is 22.5 Å². The third-order valence-corrected chi connectivity index (χ3v) is 6.01. The summed E-state index contributed by atoms with van der Waals surface area (Å²) in [7, 11) is 3.45. The molecule has 33 heavy (non-hydrogen) atoms. The van der Waals surface area contributed by atoms with Gasteiger partial charge >= 0.3 is 0 Å². The Hall–Kier alpha value is -3.40. The van der Waals surface area contributed by atoms with Gasteiger partial charge in [-0.05, 0) is 68.4 Å². The number of hydrogen-bond donors (Lipinski definition) is 3. The van der Waals surface area contributed by atoms with Gasteiger partial charge in [-0.1, -0.05) is 6.07 Å². The highest BCUT2D eigenvalue weighted by molar-refractivity contribution is 6.04. The smallest absolute Gasteiger partial charge is 0.293 e. The molecule has 0 spiro atoms. The number of nitrogens with zero attached hydrogens (tertiary/aromatic N) is 3. The van der Waals surface area contributed by atoms with E-state index < -0.39 is 5.91 Å². The highest BCUT2D eigenvalue weighted by Crippen LogP contribution is 2.33. The first kappa shape index (κ1) is 22.8. The summed E-state index contributed by atoms with van der Waals surface area (Å²) in [5.74, 6) is -0.505. The van der Waals surface area contributed by atoms with Crippen molar-refractivity contribution in [2.45, 2.75) is 19.4 Å². The maximum absolute atomic E-state index is 14.9. The molecule has 0 radical (unpaired) electrons. The average Bonchev–Trinajstić information content (AvgIpc) is 3.48. The number of amides is 1. The van der Waals surface area contributed by atoms with E-state index in [-0.39, 0.29) is 22.5 Å². The zero-order chi connectivity index (χ0) is 23.7. The number of furan rings is 1. The number of anilines is 3. The van der Waals surface area contributed by atoms with E-state index in [1.165, 1.54) is 17.0 Å². The van der Waals surface area contributed by atoms with Crippen molar-refractivity contribution in [3.8, 4) is 11.3 Å². The lowest BCUT2D eigenvalue weighted by Gasteiger charge is -2.22. The van der Waals surface area contributed by atoms with Crippen LogP contribution in [0.5, 0.6) is 0 Å². The summed E-state index contributed by atoms with van der Waals surface area (Å²) < 4.78 is 20.6. The van der Waals surface area contributed by atoms with Crippen LogP contribution in [-0.2, 0) is 0 Å². The van der Waals surface area contributed by atoms with E-state index in [9.17, 15) is 19.6 Å². The molecular weight excluding hydrogens is 427 g/mol. The summed E-state index contributed by atoms with van der Waals surface area (Å²) >= 11 is 0. The van der Waals surface area contributed by atoms with Gasteiger partial charge in [0.2, 0.25) is 0 Å². The fourth-order valence-electron chi connectivity index (χ4n) is 4.07. The minimum Gasteiger partial charge on any atom is -0.451 e. The summed E-state index contributed by atoms with van der Waals surface area (Å²) in [6.45, 7) is 3.32. The second kappa shape index (κ2) is 9.22. The lowest BCUT2D eigenvalue weighted by atomic mass is 10.1. The molecule has 0 aliphatic carbocycles. The van der Waals surface area contributed by atoms with Gasteiger partial charge in [0.1, 0.15) is 17.3 Å². The summed E-state index contributed by atoms with van der Waals surface area (Å²) in [5, 5.41) is 22.3. The fourth-order valence-corrected chi connectivity index (χ4v) is 4.07. The summed E-state index contributed by atoms with van der Waals surface area (Å²) in [4.78, 5) is 16.3. The number of rotatable bonds is 6. The van der Waals surface area contributed by atoms with Crippen LogP contribution < -0.4 is 20.3 Å². The van der Waals surface area contributed by atoms with E-state index in [1.807, 2.05) is 18.9 Å². The van der Waals surface area contributed by atoms with E-state index in [1.54, 1.807) is 43.4 Å². The third kappa shape index (κ3) is 4.56. The van der Waals surface area contributed by atoms with Crippen LogP contribution >= 0.6 is 0 Å². The molecule has 1 aromatic heterocycles. The minimum absolute atomic E-state index is 0.0158. The monoisotopic (exact) mass is 454 g/mol. The second-order valence-electron chi connectivity index (χ2n) is 8.19. The van der Waals surface area contributed by atoms with Crippen LogP contribution in [0.4, 0.5) is 21.5 Å². The number of carbonyl (C=O) groups is 1. The standard InChI is InChI=1S/C24H27FN4O4/c1-15-4-6-18(21(12-15)29(31)32)22-8-9-23(33-22)24(30)27(3)17-5-7-20(19(25)13-17)28-11-10-16(14-28)26-2/h4-9,12-13,16,26,31-32H,10-11,14H2,1-3H3. The topological polar surface area (TPSA) is 92.4 Å². The molecule has 4 rings (SSSR count). The van der Waals surface area contributed by atoms with Crippen molar-refractivity contribution in [2.24, 2.45) is 0 Å². The minimum atomic E-state index is -0.455. The molecule has 3 aromatic rings. The molecule has 2 heterocycles. The van der Waals surface area contributed by atoms with Crippen molar-refractivity contribution >= 4 is 23.0 Å². The van der Waals surface area contributed by atoms with Crippen LogP contribution in [0, 0.1) is 12.7 Å². The van der Waals surface area contributed by atoms with Gasteiger partial charge in [-0.25, -0.2) is 4.39 Å². The molecule has 1 aliphatic heterocycles. The van der Waals surface area contributed by atoms with Gasteiger partial charge in [0.05, 0.1) is 5.69 Å². The Kier molecular flexibility index (Phi) is 6.37. The Balaban J connectivity index is 1.54. The first-order valence-corrected chi connectivity index (χ1v) is 10.7. The molecule has 1 aliphatic rings. The predicted molar refractivity (Wildman–Crippen MR) is 124 cm³/mol. The Labute approximate surface area is 191 Å². The van der Waals surface area contributed by atoms with E-state index >= 15 is 0 Å². The van der Waals surface area contributed by atoms with Crippen LogP contribution in [0.25, 0.3) is 11.3 Å². The first-order valence-electron chi connectivity index (χ1n) is 10.7. The molecule has 8 nitrogen and oxygen atoms in total. The van der Waals surface area contributed by atoms with Crippen LogP contribution in [0.3, 0.4) is 0 Å². The summed E-state index contributed by atoms with van der Waals surface area (Å²) in [6, 6.07) is 13.2. The molecule has 1 saturated heterocycles. The normalized spacial score (nSPS) is 15.7. The Morgan fingerprint density at radius 3 is 2.64 bits per heavy atom. The van der Waals surface area contributed by atoms with E-state index in [0.29, 0.717) is 28.7 Å². The van der Waals surface area contributed by atoms with Crippen molar-refractivity contribution in [1.82, 2.24) is 5.32 Å². The quantitative estimate of drug-likeness (QED) is 0.484. The van der Waals surface area contributed by atoms with E-state index in [4.69, 9.17) is 4.42 Å². The number of carbonyl (C=O) groups excluding carboxylic acids is 1. The van der Waals surface area contributed by atoms with Gasteiger partial charge < -0.3 is 19.5 Å². The number of likely N-dealkylation sites (N-methyl/N-ethyl adjacent to an activating group) is 1. The fraction of sp³-hybridized carbons (Fsp3) is 0.292. The SMILES string of the molecule is CNC1CCN(c2ccc(N(C)C(=O)c3ccc(-c4ccc(C)cc4N(O)O)o3)cc2F)C1. The zero-order valence-electron chi connectivity index (χ0n) is 18.7. The molecular formula is C24H27FN4O4. The average molecular weight is 455 g/mol. The van der Waals surface area contributed by atoms with Gasteiger partial charge in [0.15, 0.2) is 5.76 Å². The number of benzene rings is 2. The van der Waals surface area contributed by atoms with Gasteiger partial charge in [-0.2, -0.15) is 0 Å². The lowest BCUT2D eigenvalue weighted by molar-refractivity contribution is 0.0294. The number of hydrogen-bond acceptors (Lipinski definition) is 7. The Morgan fingerprint density at radius 2 is 1.97 bits per heavy atom. The highest BCUT2D eigenvalue weighted by Gasteiger charge is 2.25. The van der Waals surface area contributed by atoms with Crippen molar-refractivity contribution in [3.63, 3.8) is 0 Å². The summed E-state index contributed by atoms with van der Waals surface area (Å²) in [6.07, 6.45) is 0.948. The van der Waals surface area contributed by atoms with Gasteiger partial charge in [0, 0.05) is 37.4 Å². The Morgan fingerprint density at radius 1 is 1.18 bits per heavy atom. The molecule has 1 amide bonds. The lowest BCUT2D eigenvalue weighted by Crippen LogP contribution is -2.30.